The van der Waals surface area contributed by atoms with Gasteiger partial charge in [0.2, 0.25) is 0 Å². The molecule has 76 valence electrons. The van der Waals surface area contributed by atoms with Gasteiger partial charge in [-0.05, 0) is 31.1 Å². The molecule has 2 N–H and O–H groups in total. The van der Waals surface area contributed by atoms with Crippen molar-refractivity contribution in [3.8, 4) is 0 Å². The van der Waals surface area contributed by atoms with Crippen LogP contribution >= 0.6 is 0 Å². The van der Waals surface area contributed by atoms with Gasteiger partial charge in [0, 0.05) is 6.04 Å². The lowest BCUT2D eigenvalue weighted by Crippen LogP contribution is -2.20. The van der Waals surface area contributed by atoms with Crippen molar-refractivity contribution in [2.75, 3.05) is 0 Å². The first kappa shape index (κ1) is 9.51. The fourth-order valence-electron chi connectivity index (χ4n) is 3.12. The van der Waals surface area contributed by atoms with Crippen LogP contribution in [0.2, 0.25) is 0 Å². The normalized spacial score (nSPS) is 38.3. The summed E-state index contributed by atoms with van der Waals surface area (Å²) in [5.41, 5.74) is 5.93. The molecule has 0 heterocycles. The maximum atomic E-state index is 5.93. The lowest BCUT2D eigenvalue weighted by molar-refractivity contribution is 0.374. The first-order chi connectivity index (χ1) is 6.29. The molecule has 2 aliphatic carbocycles. The molecule has 2 aliphatic rings. The lowest BCUT2D eigenvalue weighted by atomic mass is 9.93. The van der Waals surface area contributed by atoms with E-state index in [-0.39, 0.29) is 0 Å². The average Bonchev–Trinajstić information content (AvgIpc) is 2.89. The minimum atomic E-state index is 0.452. The predicted molar refractivity (Wildman–Crippen MR) is 56.4 cm³/mol. The van der Waals surface area contributed by atoms with Gasteiger partial charge >= 0.3 is 0 Å². The van der Waals surface area contributed by atoms with E-state index in [1.54, 1.807) is 0 Å². The van der Waals surface area contributed by atoms with E-state index in [1.165, 1.54) is 44.9 Å². The minimum absolute atomic E-state index is 0.452. The van der Waals surface area contributed by atoms with Crippen LogP contribution in [0, 0.1) is 17.8 Å². The lowest BCUT2D eigenvalue weighted by Gasteiger charge is -2.14. The second kappa shape index (κ2) is 4.00. The predicted octanol–water partition coefficient (Wildman–Crippen LogP) is 2.94. The van der Waals surface area contributed by atoms with Crippen molar-refractivity contribution in [3.63, 3.8) is 0 Å². The second-order valence-electron chi connectivity index (χ2n) is 5.17. The van der Waals surface area contributed by atoms with Crippen molar-refractivity contribution in [1.29, 1.82) is 0 Å². The molecule has 1 heteroatoms. The molecule has 0 aromatic heterocycles. The van der Waals surface area contributed by atoms with Crippen molar-refractivity contribution in [2.45, 2.75) is 57.9 Å². The van der Waals surface area contributed by atoms with Crippen LogP contribution in [0.3, 0.4) is 0 Å². The number of rotatable bonds is 2. The van der Waals surface area contributed by atoms with E-state index in [0.717, 1.165) is 17.8 Å². The summed E-state index contributed by atoms with van der Waals surface area (Å²) in [5.74, 6) is 2.93. The van der Waals surface area contributed by atoms with Gasteiger partial charge in [-0.25, -0.2) is 0 Å². The van der Waals surface area contributed by atoms with E-state index < -0.39 is 0 Å². The van der Waals surface area contributed by atoms with E-state index in [4.69, 9.17) is 5.73 Å². The van der Waals surface area contributed by atoms with Crippen molar-refractivity contribution in [2.24, 2.45) is 23.5 Å². The third-order valence-corrected chi connectivity index (χ3v) is 4.07. The van der Waals surface area contributed by atoms with E-state index >= 15 is 0 Å². The van der Waals surface area contributed by atoms with Gasteiger partial charge in [0.15, 0.2) is 0 Å². The van der Waals surface area contributed by atoms with Gasteiger partial charge in [0.25, 0.3) is 0 Å². The molecule has 0 radical (unpaired) electrons. The zero-order valence-electron chi connectivity index (χ0n) is 8.84. The second-order valence-corrected chi connectivity index (χ2v) is 5.17. The SMILES string of the molecule is CC(N)C1CC1C1CCCCCC1. The van der Waals surface area contributed by atoms with Gasteiger partial charge in [-0.2, -0.15) is 0 Å². The maximum Gasteiger partial charge on any atom is 0.00416 e. The molecule has 0 aromatic carbocycles. The highest BCUT2D eigenvalue weighted by molar-refractivity contribution is 4.95. The van der Waals surface area contributed by atoms with Crippen molar-refractivity contribution in [1.82, 2.24) is 0 Å². The number of hydrogen-bond donors (Lipinski definition) is 1. The van der Waals surface area contributed by atoms with Crippen molar-refractivity contribution >= 4 is 0 Å². The Bertz CT molecular complexity index is 157. The molecule has 0 saturated heterocycles. The van der Waals surface area contributed by atoms with Crippen molar-refractivity contribution in [3.05, 3.63) is 0 Å². The highest BCUT2D eigenvalue weighted by atomic mass is 14.7. The molecule has 0 spiro atoms. The Morgan fingerprint density at radius 2 is 1.69 bits per heavy atom. The Hall–Kier alpha value is -0.0400. The molecule has 13 heavy (non-hydrogen) atoms. The quantitative estimate of drug-likeness (QED) is 0.651. The van der Waals surface area contributed by atoms with Crippen LogP contribution in [0.25, 0.3) is 0 Å². The molecule has 0 bridgehead atoms. The minimum Gasteiger partial charge on any atom is -0.328 e. The average molecular weight is 181 g/mol. The van der Waals surface area contributed by atoms with Gasteiger partial charge in [0.05, 0.1) is 0 Å². The Kier molecular flexibility index (Phi) is 2.92. The van der Waals surface area contributed by atoms with Gasteiger partial charge in [-0.1, -0.05) is 38.5 Å². The summed E-state index contributed by atoms with van der Waals surface area (Å²) in [7, 11) is 0. The van der Waals surface area contributed by atoms with E-state index in [0.29, 0.717) is 6.04 Å². The van der Waals surface area contributed by atoms with Crippen LogP contribution in [0.15, 0.2) is 0 Å². The Balaban J connectivity index is 1.80. The zero-order valence-corrected chi connectivity index (χ0v) is 8.84. The molecule has 2 rings (SSSR count). The summed E-state index contributed by atoms with van der Waals surface area (Å²) < 4.78 is 0. The van der Waals surface area contributed by atoms with Crippen LogP contribution in [0.4, 0.5) is 0 Å². The van der Waals surface area contributed by atoms with Crippen molar-refractivity contribution < 1.29 is 0 Å². The first-order valence-corrected chi connectivity index (χ1v) is 6.04. The maximum absolute atomic E-state index is 5.93. The van der Waals surface area contributed by atoms with Crippen LogP contribution < -0.4 is 5.73 Å². The number of hydrogen-bond acceptors (Lipinski definition) is 1. The molecule has 2 saturated carbocycles. The summed E-state index contributed by atoms with van der Waals surface area (Å²) in [6, 6.07) is 0.452. The largest absolute Gasteiger partial charge is 0.328 e. The third kappa shape index (κ3) is 2.25. The molecular formula is C12H23N. The standard InChI is InChI=1S/C12H23N/c1-9(13)11-8-12(11)10-6-4-2-3-5-7-10/h9-12H,2-8,13H2,1H3. The van der Waals surface area contributed by atoms with Crippen LogP contribution in [0.5, 0.6) is 0 Å². The van der Waals surface area contributed by atoms with Gasteiger partial charge in [0.1, 0.15) is 0 Å². The third-order valence-electron chi connectivity index (χ3n) is 4.07. The molecular weight excluding hydrogens is 158 g/mol. The molecule has 0 aliphatic heterocycles. The monoisotopic (exact) mass is 181 g/mol. The van der Waals surface area contributed by atoms with E-state index in [1.807, 2.05) is 0 Å². The van der Waals surface area contributed by atoms with E-state index in [2.05, 4.69) is 6.92 Å². The first-order valence-electron chi connectivity index (χ1n) is 6.04. The summed E-state index contributed by atoms with van der Waals surface area (Å²) >= 11 is 0. The van der Waals surface area contributed by atoms with E-state index in [9.17, 15) is 0 Å². The summed E-state index contributed by atoms with van der Waals surface area (Å²) in [4.78, 5) is 0. The fraction of sp³-hybridized carbons (Fsp3) is 1.00. The van der Waals surface area contributed by atoms with Gasteiger partial charge in [-0.15, -0.1) is 0 Å². The Morgan fingerprint density at radius 1 is 1.08 bits per heavy atom. The molecule has 1 nitrogen and oxygen atoms in total. The summed E-state index contributed by atoms with van der Waals surface area (Å²) in [5, 5.41) is 0. The van der Waals surface area contributed by atoms with Gasteiger partial charge < -0.3 is 5.73 Å². The number of nitrogens with two attached hydrogens (primary N) is 1. The highest BCUT2D eigenvalue weighted by Gasteiger charge is 2.44. The zero-order chi connectivity index (χ0) is 9.26. The van der Waals surface area contributed by atoms with Crippen LogP contribution in [0.1, 0.15) is 51.9 Å². The van der Waals surface area contributed by atoms with Gasteiger partial charge in [-0.3, -0.25) is 0 Å². The summed E-state index contributed by atoms with van der Waals surface area (Å²) in [6.07, 6.45) is 10.3. The highest BCUT2D eigenvalue weighted by Crippen LogP contribution is 2.49. The summed E-state index contributed by atoms with van der Waals surface area (Å²) in [6.45, 7) is 2.18. The molecule has 2 fully saturated rings. The molecule has 0 aromatic rings. The Morgan fingerprint density at radius 3 is 2.15 bits per heavy atom. The molecule has 0 amide bonds. The molecule has 3 atom stereocenters. The smallest absolute Gasteiger partial charge is 0.00416 e. The van der Waals surface area contributed by atoms with Crippen LogP contribution in [-0.2, 0) is 0 Å². The fourth-order valence-corrected chi connectivity index (χ4v) is 3.12. The topological polar surface area (TPSA) is 26.0 Å². The molecule has 3 unspecified atom stereocenters. The van der Waals surface area contributed by atoms with Crippen LogP contribution in [-0.4, -0.2) is 6.04 Å². The Labute approximate surface area is 82.1 Å².